The minimum atomic E-state index is -0.666. The van der Waals surface area contributed by atoms with Crippen LogP contribution in [0.4, 0.5) is 10.5 Å². The fourth-order valence-electron chi connectivity index (χ4n) is 0.929. The van der Waals surface area contributed by atoms with Crippen LogP contribution in [0.3, 0.4) is 0 Å². The highest BCUT2D eigenvalue weighted by atomic mass is 35.5. The molecule has 13 heavy (non-hydrogen) atoms. The Kier molecular flexibility index (Phi) is 3.03. The molecule has 3 nitrogen and oxygen atoms in total. The van der Waals surface area contributed by atoms with Gasteiger partial charge in [-0.15, -0.1) is 0 Å². The van der Waals surface area contributed by atoms with E-state index in [1.54, 1.807) is 24.3 Å². The molecule has 1 rings (SSSR count). The summed E-state index contributed by atoms with van der Waals surface area (Å²) in [5.41, 5.74) is 1.07. The lowest BCUT2D eigenvalue weighted by molar-refractivity contribution is 0.101. The number of carbonyl (C=O) groups excluding carboxylic acids is 2. The van der Waals surface area contributed by atoms with Crippen LogP contribution < -0.4 is 5.32 Å². The predicted molar refractivity (Wildman–Crippen MR) is 51.3 cm³/mol. The largest absolute Gasteiger partial charge is 0.318 e. The van der Waals surface area contributed by atoms with Gasteiger partial charge in [0.05, 0.1) is 0 Å². The molecular formula is C9H8ClNO2. The topological polar surface area (TPSA) is 46.2 Å². The maximum atomic E-state index is 10.9. The van der Waals surface area contributed by atoms with Crippen molar-refractivity contribution in [3.8, 4) is 0 Å². The molecule has 4 heteroatoms. The Morgan fingerprint density at radius 3 is 2.62 bits per heavy atom. The molecule has 0 aliphatic carbocycles. The second-order valence-electron chi connectivity index (χ2n) is 2.54. The van der Waals surface area contributed by atoms with Crippen molar-refractivity contribution < 1.29 is 9.59 Å². The van der Waals surface area contributed by atoms with Gasteiger partial charge in [0.25, 0.3) is 0 Å². The molecule has 1 amide bonds. The Balaban J connectivity index is 2.91. The number of carbonyl (C=O) groups is 2. The Bertz CT molecular complexity index is 349. The van der Waals surface area contributed by atoms with Gasteiger partial charge in [0.1, 0.15) is 0 Å². The number of ketones is 1. The number of benzene rings is 1. The molecule has 0 aromatic heterocycles. The Labute approximate surface area is 80.7 Å². The molecule has 1 aromatic carbocycles. The van der Waals surface area contributed by atoms with E-state index in [1.165, 1.54) is 6.92 Å². The Morgan fingerprint density at radius 2 is 2.08 bits per heavy atom. The van der Waals surface area contributed by atoms with Crippen molar-refractivity contribution in [2.45, 2.75) is 6.92 Å². The first-order chi connectivity index (χ1) is 6.09. The van der Waals surface area contributed by atoms with E-state index in [0.29, 0.717) is 11.3 Å². The first-order valence-electron chi connectivity index (χ1n) is 3.67. The lowest BCUT2D eigenvalue weighted by atomic mass is 10.1. The lowest BCUT2D eigenvalue weighted by Gasteiger charge is -2.01. The Hall–Kier alpha value is -1.35. The number of nitrogens with one attached hydrogen (secondary N) is 1. The van der Waals surface area contributed by atoms with Gasteiger partial charge in [0.2, 0.25) is 0 Å². The Morgan fingerprint density at radius 1 is 1.38 bits per heavy atom. The SMILES string of the molecule is CC(=O)c1cccc(NC(=O)Cl)c1. The third-order valence-corrected chi connectivity index (χ3v) is 1.61. The lowest BCUT2D eigenvalue weighted by Crippen LogP contribution is -2.02. The number of amides is 1. The molecule has 0 atom stereocenters. The smallest absolute Gasteiger partial charge is 0.312 e. The summed E-state index contributed by atoms with van der Waals surface area (Å²) in [5.74, 6) is -0.0503. The molecule has 1 N–H and O–H groups in total. The highest BCUT2D eigenvalue weighted by molar-refractivity contribution is 6.65. The summed E-state index contributed by atoms with van der Waals surface area (Å²) in [5, 5.41) is 1.71. The molecule has 68 valence electrons. The summed E-state index contributed by atoms with van der Waals surface area (Å²) in [6, 6.07) is 6.58. The van der Waals surface area contributed by atoms with Crippen LogP contribution in [-0.4, -0.2) is 11.1 Å². The van der Waals surface area contributed by atoms with Crippen LogP contribution in [0.15, 0.2) is 24.3 Å². The van der Waals surface area contributed by atoms with E-state index in [1.807, 2.05) is 0 Å². The van der Waals surface area contributed by atoms with Gasteiger partial charge >= 0.3 is 5.37 Å². The fraction of sp³-hybridized carbons (Fsp3) is 0.111. The van der Waals surface area contributed by atoms with Gasteiger partial charge in [-0.3, -0.25) is 9.59 Å². The predicted octanol–water partition coefficient (Wildman–Crippen LogP) is 2.66. The maximum Gasteiger partial charge on any atom is 0.318 e. The van der Waals surface area contributed by atoms with E-state index in [9.17, 15) is 9.59 Å². The van der Waals surface area contributed by atoms with E-state index < -0.39 is 5.37 Å². The molecule has 0 fully saturated rings. The minimum absolute atomic E-state index is 0.0503. The number of hydrogen-bond acceptors (Lipinski definition) is 2. The monoisotopic (exact) mass is 197 g/mol. The van der Waals surface area contributed by atoms with Crippen LogP contribution >= 0.6 is 11.6 Å². The van der Waals surface area contributed by atoms with Gasteiger partial charge in [0.15, 0.2) is 5.78 Å². The molecule has 0 saturated heterocycles. The van der Waals surface area contributed by atoms with Crippen molar-refractivity contribution in [2.24, 2.45) is 0 Å². The fourth-order valence-corrected chi connectivity index (χ4v) is 1.04. The van der Waals surface area contributed by atoms with E-state index in [-0.39, 0.29) is 5.78 Å². The van der Waals surface area contributed by atoms with E-state index >= 15 is 0 Å². The summed E-state index contributed by atoms with van der Waals surface area (Å²) in [4.78, 5) is 21.4. The average molecular weight is 198 g/mol. The van der Waals surface area contributed by atoms with Crippen LogP contribution in [0, 0.1) is 0 Å². The molecule has 0 saturated carbocycles. The summed E-state index contributed by atoms with van der Waals surface area (Å²) < 4.78 is 0. The standard InChI is InChI=1S/C9H8ClNO2/c1-6(12)7-3-2-4-8(5-7)11-9(10)13/h2-5H,1H3,(H,11,13). The first kappa shape index (κ1) is 9.74. The molecule has 0 aliphatic rings. The van der Waals surface area contributed by atoms with Gasteiger partial charge < -0.3 is 5.32 Å². The van der Waals surface area contributed by atoms with Crippen molar-refractivity contribution in [3.63, 3.8) is 0 Å². The molecule has 0 aliphatic heterocycles. The summed E-state index contributed by atoms with van der Waals surface area (Å²) >= 11 is 5.11. The zero-order valence-electron chi connectivity index (χ0n) is 7.00. The second-order valence-corrected chi connectivity index (χ2v) is 2.88. The number of anilines is 1. The van der Waals surface area contributed by atoms with Gasteiger partial charge in [-0.1, -0.05) is 12.1 Å². The third kappa shape index (κ3) is 2.87. The quantitative estimate of drug-likeness (QED) is 0.450. The second kappa shape index (κ2) is 4.05. The van der Waals surface area contributed by atoms with Crippen molar-refractivity contribution >= 4 is 28.4 Å². The molecule has 1 aromatic rings. The maximum absolute atomic E-state index is 10.9. The van der Waals surface area contributed by atoms with E-state index in [2.05, 4.69) is 5.32 Å². The van der Waals surface area contributed by atoms with Crippen LogP contribution in [-0.2, 0) is 0 Å². The molecular weight excluding hydrogens is 190 g/mol. The number of Topliss-reactive ketones (excluding diaryl/α,β-unsaturated/α-hetero) is 1. The zero-order chi connectivity index (χ0) is 9.84. The highest BCUT2D eigenvalue weighted by Crippen LogP contribution is 2.11. The van der Waals surface area contributed by atoms with Crippen LogP contribution in [0.25, 0.3) is 0 Å². The molecule has 0 bridgehead atoms. The van der Waals surface area contributed by atoms with Crippen molar-refractivity contribution in [3.05, 3.63) is 29.8 Å². The van der Waals surface area contributed by atoms with Crippen molar-refractivity contribution in [1.29, 1.82) is 0 Å². The first-order valence-corrected chi connectivity index (χ1v) is 4.05. The van der Waals surface area contributed by atoms with Gasteiger partial charge in [-0.05, 0) is 30.7 Å². The molecule has 0 spiro atoms. The number of rotatable bonds is 2. The minimum Gasteiger partial charge on any atom is -0.312 e. The summed E-state index contributed by atoms with van der Waals surface area (Å²) in [6.07, 6.45) is 0. The number of hydrogen-bond donors (Lipinski definition) is 1. The normalized spacial score (nSPS) is 9.38. The van der Waals surface area contributed by atoms with Crippen LogP contribution in [0.5, 0.6) is 0 Å². The van der Waals surface area contributed by atoms with Gasteiger partial charge in [-0.25, -0.2) is 0 Å². The summed E-state index contributed by atoms with van der Waals surface area (Å²) in [6.45, 7) is 1.46. The average Bonchev–Trinajstić information content (AvgIpc) is 2.03. The van der Waals surface area contributed by atoms with Crippen molar-refractivity contribution in [1.82, 2.24) is 0 Å². The third-order valence-electron chi connectivity index (χ3n) is 1.51. The highest BCUT2D eigenvalue weighted by Gasteiger charge is 2.01. The zero-order valence-corrected chi connectivity index (χ0v) is 7.76. The number of halogens is 1. The van der Waals surface area contributed by atoms with Gasteiger partial charge in [-0.2, -0.15) is 0 Å². The molecule has 0 heterocycles. The van der Waals surface area contributed by atoms with Gasteiger partial charge in [0, 0.05) is 11.3 Å². The van der Waals surface area contributed by atoms with Crippen LogP contribution in [0.1, 0.15) is 17.3 Å². The summed E-state index contributed by atoms with van der Waals surface area (Å²) in [7, 11) is 0. The molecule has 0 unspecified atom stereocenters. The molecule has 0 radical (unpaired) electrons. The van der Waals surface area contributed by atoms with E-state index in [4.69, 9.17) is 11.6 Å². The van der Waals surface area contributed by atoms with Crippen LogP contribution in [0.2, 0.25) is 0 Å². The van der Waals surface area contributed by atoms with E-state index in [0.717, 1.165) is 0 Å². The van der Waals surface area contributed by atoms with Crippen molar-refractivity contribution in [2.75, 3.05) is 5.32 Å².